The first-order chi connectivity index (χ1) is 9.61. The fourth-order valence-corrected chi connectivity index (χ4v) is 2.14. The van der Waals surface area contributed by atoms with E-state index in [1.807, 2.05) is 0 Å². The van der Waals surface area contributed by atoms with Crippen molar-refractivity contribution in [3.63, 3.8) is 0 Å². The Morgan fingerprint density at radius 1 is 1.48 bits per heavy atom. The van der Waals surface area contributed by atoms with Gasteiger partial charge >= 0.3 is 0 Å². The normalized spacial score (nSPS) is 11.2. The van der Waals surface area contributed by atoms with Crippen molar-refractivity contribution in [2.45, 2.75) is 13.3 Å². The number of aryl methyl sites for hydroxylation is 1. The summed E-state index contributed by atoms with van der Waals surface area (Å²) in [6.45, 7) is 1.26. The van der Waals surface area contributed by atoms with Crippen molar-refractivity contribution in [2.24, 2.45) is 5.14 Å². The zero-order valence-corrected chi connectivity index (χ0v) is 11.9. The van der Waals surface area contributed by atoms with E-state index < -0.39 is 37.9 Å². The second-order valence-corrected chi connectivity index (χ2v) is 6.09. The number of halogens is 1. The molecule has 0 bridgehead atoms. The third-order valence-corrected chi connectivity index (χ3v) is 3.44. The number of carbonyl (C=O) groups is 1. The van der Waals surface area contributed by atoms with E-state index in [0.717, 1.165) is 12.1 Å². The molecule has 0 aliphatic rings. The van der Waals surface area contributed by atoms with Crippen LogP contribution in [0.2, 0.25) is 0 Å². The SMILES string of the molecule is Cc1cc([N+](=O)[O-])cc(C(=O)NCCCS(N)(=O)=O)c1F. The van der Waals surface area contributed by atoms with E-state index >= 15 is 0 Å². The lowest BCUT2D eigenvalue weighted by molar-refractivity contribution is -0.385. The number of carbonyl (C=O) groups excluding carboxylic acids is 1. The first-order valence-electron chi connectivity index (χ1n) is 5.85. The Hall–Kier alpha value is -2.07. The van der Waals surface area contributed by atoms with E-state index in [9.17, 15) is 27.7 Å². The number of nitro benzene ring substituents is 1. The maximum absolute atomic E-state index is 13.8. The molecule has 0 radical (unpaired) electrons. The van der Waals surface area contributed by atoms with Crippen LogP contribution in [0.5, 0.6) is 0 Å². The summed E-state index contributed by atoms with van der Waals surface area (Å²) in [6.07, 6.45) is 0.0557. The van der Waals surface area contributed by atoms with Crippen molar-refractivity contribution < 1.29 is 22.5 Å². The van der Waals surface area contributed by atoms with Crippen LogP contribution in [0.4, 0.5) is 10.1 Å². The lowest BCUT2D eigenvalue weighted by Crippen LogP contribution is -2.28. The van der Waals surface area contributed by atoms with Gasteiger partial charge in [-0.2, -0.15) is 0 Å². The molecule has 0 aliphatic carbocycles. The fourth-order valence-electron chi connectivity index (χ4n) is 1.59. The van der Waals surface area contributed by atoms with E-state index in [2.05, 4.69) is 5.32 Å². The van der Waals surface area contributed by atoms with Crippen LogP contribution in [0.25, 0.3) is 0 Å². The molecule has 0 aliphatic heterocycles. The number of nitrogens with zero attached hydrogens (tertiary/aromatic N) is 1. The highest BCUT2D eigenvalue weighted by molar-refractivity contribution is 7.89. The van der Waals surface area contributed by atoms with Gasteiger partial charge in [-0.1, -0.05) is 0 Å². The number of hydrogen-bond donors (Lipinski definition) is 2. The number of amides is 1. The number of sulfonamides is 1. The first-order valence-corrected chi connectivity index (χ1v) is 7.56. The van der Waals surface area contributed by atoms with Gasteiger partial charge < -0.3 is 5.32 Å². The molecule has 8 nitrogen and oxygen atoms in total. The molecule has 0 saturated carbocycles. The Bertz CT molecular complexity index is 675. The largest absolute Gasteiger partial charge is 0.352 e. The molecule has 1 amide bonds. The summed E-state index contributed by atoms with van der Waals surface area (Å²) in [7, 11) is -3.63. The predicted molar refractivity (Wildman–Crippen MR) is 72.7 cm³/mol. The minimum Gasteiger partial charge on any atom is -0.352 e. The van der Waals surface area contributed by atoms with Gasteiger partial charge in [-0.15, -0.1) is 0 Å². The van der Waals surface area contributed by atoms with Gasteiger partial charge in [0.1, 0.15) is 5.82 Å². The summed E-state index contributed by atoms with van der Waals surface area (Å²) in [5, 5.41) is 17.8. The van der Waals surface area contributed by atoms with Crippen LogP contribution in [0.3, 0.4) is 0 Å². The topological polar surface area (TPSA) is 132 Å². The van der Waals surface area contributed by atoms with Gasteiger partial charge in [-0.25, -0.2) is 17.9 Å². The molecule has 0 saturated heterocycles. The molecule has 116 valence electrons. The van der Waals surface area contributed by atoms with Gasteiger partial charge in [-0.05, 0) is 18.9 Å². The highest BCUT2D eigenvalue weighted by Gasteiger charge is 2.19. The van der Waals surface area contributed by atoms with Crippen LogP contribution >= 0.6 is 0 Å². The average Bonchev–Trinajstić information content (AvgIpc) is 2.36. The van der Waals surface area contributed by atoms with Crippen molar-refractivity contribution in [1.29, 1.82) is 0 Å². The van der Waals surface area contributed by atoms with Crippen molar-refractivity contribution in [2.75, 3.05) is 12.3 Å². The van der Waals surface area contributed by atoms with Crippen LogP contribution < -0.4 is 10.5 Å². The summed E-state index contributed by atoms with van der Waals surface area (Å²) in [4.78, 5) is 21.7. The van der Waals surface area contributed by atoms with E-state index in [0.29, 0.717) is 0 Å². The number of rotatable bonds is 6. The van der Waals surface area contributed by atoms with Crippen molar-refractivity contribution in [1.82, 2.24) is 5.32 Å². The molecule has 0 fully saturated rings. The molecule has 10 heteroatoms. The maximum atomic E-state index is 13.8. The van der Waals surface area contributed by atoms with E-state index in [1.165, 1.54) is 6.92 Å². The summed E-state index contributed by atoms with van der Waals surface area (Å²) < 4.78 is 35.2. The summed E-state index contributed by atoms with van der Waals surface area (Å²) in [5.74, 6) is -2.04. The number of benzene rings is 1. The van der Waals surface area contributed by atoms with Crippen LogP contribution in [0.1, 0.15) is 22.3 Å². The number of hydrogen-bond acceptors (Lipinski definition) is 5. The number of primary sulfonamides is 1. The number of nitrogens with two attached hydrogens (primary N) is 1. The molecule has 0 aromatic heterocycles. The van der Waals surface area contributed by atoms with Crippen LogP contribution in [0.15, 0.2) is 12.1 Å². The Morgan fingerprint density at radius 3 is 2.62 bits per heavy atom. The molecule has 21 heavy (non-hydrogen) atoms. The Balaban J connectivity index is 2.80. The van der Waals surface area contributed by atoms with Crippen LogP contribution in [0, 0.1) is 22.9 Å². The minimum absolute atomic E-state index is 0.0288. The van der Waals surface area contributed by atoms with Gasteiger partial charge in [0.2, 0.25) is 10.0 Å². The highest BCUT2D eigenvalue weighted by Crippen LogP contribution is 2.20. The average molecular weight is 319 g/mol. The van der Waals surface area contributed by atoms with E-state index in [1.54, 1.807) is 0 Å². The molecule has 0 spiro atoms. The predicted octanol–water partition coefficient (Wildman–Crippen LogP) is 0.451. The lowest BCUT2D eigenvalue weighted by Gasteiger charge is -2.07. The third kappa shape index (κ3) is 5.08. The second kappa shape index (κ2) is 6.59. The smallest absolute Gasteiger partial charge is 0.270 e. The molecule has 0 heterocycles. The standard InChI is InChI=1S/C11H14FN3O5S/c1-7-5-8(15(17)18)6-9(10(7)12)11(16)14-3-2-4-21(13,19)20/h5-6H,2-4H2,1H3,(H,14,16)(H2,13,19,20). The molecule has 1 rings (SSSR count). The fraction of sp³-hybridized carbons (Fsp3) is 0.364. The minimum atomic E-state index is -3.63. The molecule has 1 aromatic carbocycles. The number of nitro groups is 1. The Labute approximate surface area is 120 Å². The first kappa shape index (κ1) is 17.0. The summed E-state index contributed by atoms with van der Waals surface area (Å²) in [6, 6.07) is 1.85. The van der Waals surface area contributed by atoms with Gasteiger partial charge in [0.15, 0.2) is 0 Å². The molecule has 1 aromatic rings. The number of nitrogens with one attached hydrogen (secondary N) is 1. The van der Waals surface area contributed by atoms with Crippen molar-refractivity contribution >= 4 is 21.6 Å². The number of non-ortho nitro benzene ring substituents is 1. The van der Waals surface area contributed by atoms with Gasteiger partial charge in [-0.3, -0.25) is 14.9 Å². The van der Waals surface area contributed by atoms with Gasteiger partial charge in [0.25, 0.3) is 11.6 Å². The molecule has 3 N–H and O–H groups in total. The van der Waals surface area contributed by atoms with Gasteiger partial charge in [0, 0.05) is 18.7 Å². The van der Waals surface area contributed by atoms with Gasteiger partial charge in [0.05, 0.1) is 16.2 Å². The second-order valence-electron chi connectivity index (χ2n) is 4.36. The molecular formula is C11H14FN3O5S. The van der Waals surface area contributed by atoms with E-state index in [-0.39, 0.29) is 24.3 Å². The van der Waals surface area contributed by atoms with Crippen LogP contribution in [-0.2, 0) is 10.0 Å². The third-order valence-electron chi connectivity index (χ3n) is 2.59. The molecule has 0 unspecified atom stereocenters. The lowest BCUT2D eigenvalue weighted by atomic mass is 10.1. The van der Waals surface area contributed by atoms with E-state index in [4.69, 9.17) is 5.14 Å². The molecular weight excluding hydrogens is 305 g/mol. The zero-order chi connectivity index (χ0) is 16.2. The maximum Gasteiger partial charge on any atom is 0.270 e. The summed E-state index contributed by atoms with van der Waals surface area (Å²) >= 11 is 0. The van der Waals surface area contributed by atoms with Crippen molar-refractivity contribution in [3.05, 3.63) is 39.2 Å². The monoisotopic (exact) mass is 319 g/mol. The zero-order valence-electron chi connectivity index (χ0n) is 11.1. The summed E-state index contributed by atoms with van der Waals surface area (Å²) in [5.41, 5.74) is -0.889. The Morgan fingerprint density at radius 2 is 2.10 bits per heavy atom. The molecule has 0 atom stereocenters. The Kier molecular flexibility index (Phi) is 5.33. The quantitative estimate of drug-likeness (QED) is 0.446. The van der Waals surface area contributed by atoms with Crippen LogP contribution in [-0.4, -0.2) is 31.5 Å². The van der Waals surface area contributed by atoms with Crippen molar-refractivity contribution in [3.8, 4) is 0 Å². The highest BCUT2D eigenvalue weighted by atomic mass is 32.2.